The maximum absolute atomic E-state index is 13.7. The van der Waals surface area contributed by atoms with Crippen molar-refractivity contribution in [2.24, 2.45) is 0 Å². The summed E-state index contributed by atoms with van der Waals surface area (Å²) in [5, 5.41) is 14.4. The zero-order chi connectivity index (χ0) is 25.9. The van der Waals surface area contributed by atoms with Gasteiger partial charge in [-0.15, -0.1) is 10.2 Å². The molecule has 0 atom stereocenters. The van der Waals surface area contributed by atoms with E-state index in [2.05, 4.69) is 66.5 Å². The number of nitrogens with one attached hydrogen (secondary N) is 1. The number of aromatic amines is 1. The molecule has 5 aromatic rings. The van der Waals surface area contributed by atoms with Crippen molar-refractivity contribution in [3.8, 4) is 28.3 Å². The van der Waals surface area contributed by atoms with Crippen LogP contribution in [0.4, 0.5) is 0 Å². The highest BCUT2D eigenvalue weighted by molar-refractivity contribution is 5.78. The molecule has 0 aliphatic carbocycles. The van der Waals surface area contributed by atoms with Gasteiger partial charge in [-0.3, -0.25) is 14.1 Å². The number of benzene rings is 2. The van der Waals surface area contributed by atoms with Crippen molar-refractivity contribution in [3.05, 3.63) is 99.9 Å². The second-order valence-corrected chi connectivity index (χ2v) is 9.61. The van der Waals surface area contributed by atoms with E-state index in [-0.39, 0.29) is 5.69 Å². The Morgan fingerprint density at radius 3 is 2.49 bits per heavy atom. The Kier molecular flexibility index (Phi) is 6.81. The number of para-hydroxylation sites is 1. The summed E-state index contributed by atoms with van der Waals surface area (Å²) >= 11 is 0. The van der Waals surface area contributed by atoms with Gasteiger partial charge in [0.1, 0.15) is 0 Å². The van der Waals surface area contributed by atoms with Crippen LogP contribution in [0.3, 0.4) is 0 Å². The molecule has 0 fully saturated rings. The van der Waals surface area contributed by atoms with Gasteiger partial charge in [0.05, 0.1) is 17.9 Å². The average molecular weight is 494 g/mol. The summed E-state index contributed by atoms with van der Waals surface area (Å²) in [5.41, 5.74) is 7.82. The van der Waals surface area contributed by atoms with Gasteiger partial charge in [-0.2, -0.15) is 5.21 Å². The van der Waals surface area contributed by atoms with Crippen LogP contribution in [0.5, 0.6) is 0 Å². The highest BCUT2D eigenvalue weighted by Crippen LogP contribution is 2.29. The van der Waals surface area contributed by atoms with E-state index in [0.29, 0.717) is 18.3 Å². The SMILES string of the molecule is CCCc1cn(-c2c(C)cccc2C(C)C)c(=O)n1Cc1ccc(-c2ccccc2-c2nn[nH]n2)nc1. The third-order valence-corrected chi connectivity index (χ3v) is 6.65. The van der Waals surface area contributed by atoms with Crippen molar-refractivity contribution in [2.45, 2.75) is 53.0 Å². The first-order valence-corrected chi connectivity index (χ1v) is 12.7. The van der Waals surface area contributed by atoms with Crippen molar-refractivity contribution in [3.63, 3.8) is 0 Å². The maximum atomic E-state index is 13.7. The number of rotatable bonds is 8. The van der Waals surface area contributed by atoms with E-state index in [1.165, 1.54) is 5.56 Å². The van der Waals surface area contributed by atoms with E-state index < -0.39 is 0 Å². The second-order valence-electron chi connectivity index (χ2n) is 9.61. The van der Waals surface area contributed by atoms with E-state index in [1.807, 2.05) is 57.9 Å². The van der Waals surface area contributed by atoms with Gasteiger partial charge >= 0.3 is 5.69 Å². The van der Waals surface area contributed by atoms with Crippen molar-refractivity contribution in [1.82, 2.24) is 34.7 Å². The van der Waals surface area contributed by atoms with Crippen LogP contribution in [0.15, 0.2) is 71.8 Å². The largest absolute Gasteiger partial charge is 0.333 e. The fourth-order valence-electron chi connectivity index (χ4n) is 4.83. The molecule has 1 N–H and O–H groups in total. The van der Waals surface area contributed by atoms with Gasteiger partial charge in [-0.1, -0.05) is 75.7 Å². The monoisotopic (exact) mass is 493 g/mol. The Bertz CT molecular complexity index is 1560. The molecule has 0 saturated heterocycles. The van der Waals surface area contributed by atoms with Crippen LogP contribution in [-0.4, -0.2) is 34.7 Å². The fourth-order valence-corrected chi connectivity index (χ4v) is 4.83. The molecule has 8 nitrogen and oxygen atoms in total. The molecule has 3 heterocycles. The average Bonchev–Trinajstić information content (AvgIpc) is 3.54. The summed E-state index contributed by atoms with van der Waals surface area (Å²) in [6.45, 7) is 9.00. The molecule has 0 aliphatic rings. The number of aryl methyl sites for hydroxylation is 2. The first kappa shape index (κ1) is 24.4. The van der Waals surface area contributed by atoms with E-state index in [1.54, 1.807) is 0 Å². The van der Waals surface area contributed by atoms with Crippen molar-refractivity contribution in [1.29, 1.82) is 0 Å². The van der Waals surface area contributed by atoms with Gasteiger partial charge in [0.2, 0.25) is 5.82 Å². The molecule has 3 aromatic heterocycles. The van der Waals surface area contributed by atoms with Crippen LogP contribution < -0.4 is 5.69 Å². The number of aromatic nitrogens is 7. The second kappa shape index (κ2) is 10.3. The van der Waals surface area contributed by atoms with Crippen LogP contribution in [0.2, 0.25) is 0 Å². The number of hydrogen-bond donors (Lipinski definition) is 1. The summed E-state index contributed by atoms with van der Waals surface area (Å²) in [4.78, 5) is 18.5. The number of hydrogen-bond acceptors (Lipinski definition) is 5. The van der Waals surface area contributed by atoms with Gasteiger partial charge in [0.15, 0.2) is 0 Å². The van der Waals surface area contributed by atoms with Crippen LogP contribution >= 0.6 is 0 Å². The molecule has 0 amide bonds. The van der Waals surface area contributed by atoms with E-state index in [0.717, 1.165) is 52.2 Å². The molecule has 0 aliphatic heterocycles. The Morgan fingerprint density at radius 1 is 1.00 bits per heavy atom. The molecular formula is C29H31N7O. The number of imidazole rings is 1. The summed E-state index contributed by atoms with van der Waals surface area (Å²) in [6, 6.07) is 18.1. The predicted molar refractivity (Wildman–Crippen MR) is 145 cm³/mol. The molecule has 37 heavy (non-hydrogen) atoms. The van der Waals surface area contributed by atoms with Gasteiger partial charge < -0.3 is 0 Å². The maximum Gasteiger partial charge on any atom is 0.333 e. The lowest BCUT2D eigenvalue weighted by molar-refractivity contribution is 0.688. The van der Waals surface area contributed by atoms with E-state index >= 15 is 0 Å². The molecule has 0 saturated carbocycles. The first-order valence-electron chi connectivity index (χ1n) is 12.7. The standard InChI is InChI=1S/C29H31N7O/c1-5-9-22-18-36(27-20(4)10-8-13-23(27)19(2)3)29(37)35(22)17-21-14-15-26(30-16-21)24-11-6-7-12-25(24)28-31-33-34-32-28/h6-8,10-16,18-19H,5,9,17H2,1-4H3,(H,31,32,33,34). The Balaban J connectivity index is 1.51. The lowest BCUT2D eigenvalue weighted by Crippen LogP contribution is -2.26. The number of pyridine rings is 1. The third-order valence-electron chi connectivity index (χ3n) is 6.65. The van der Waals surface area contributed by atoms with Gasteiger partial charge in [-0.05, 0) is 47.2 Å². The van der Waals surface area contributed by atoms with Crippen LogP contribution in [0, 0.1) is 6.92 Å². The van der Waals surface area contributed by atoms with E-state index in [9.17, 15) is 4.79 Å². The highest BCUT2D eigenvalue weighted by Gasteiger charge is 2.18. The molecule has 0 radical (unpaired) electrons. The van der Waals surface area contributed by atoms with Crippen molar-refractivity contribution in [2.75, 3.05) is 0 Å². The van der Waals surface area contributed by atoms with Gasteiger partial charge in [0, 0.05) is 29.2 Å². The highest BCUT2D eigenvalue weighted by atomic mass is 16.1. The number of H-pyrrole nitrogens is 1. The quantitative estimate of drug-likeness (QED) is 0.316. The van der Waals surface area contributed by atoms with Crippen LogP contribution in [0.1, 0.15) is 55.5 Å². The molecule has 2 aromatic carbocycles. The third kappa shape index (κ3) is 4.74. The zero-order valence-corrected chi connectivity index (χ0v) is 21.6. The molecule has 188 valence electrons. The minimum atomic E-state index is -0.0221. The molecule has 0 unspecified atom stereocenters. The minimum absolute atomic E-state index is 0.0221. The number of tetrazole rings is 1. The van der Waals surface area contributed by atoms with Gasteiger partial charge in [-0.25, -0.2) is 4.79 Å². The Morgan fingerprint density at radius 2 is 1.81 bits per heavy atom. The van der Waals surface area contributed by atoms with Crippen LogP contribution in [-0.2, 0) is 13.0 Å². The number of nitrogens with zero attached hydrogens (tertiary/aromatic N) is 6. The molecule has 8 heteroatoms. The topological polar surface area (TPSA) is 94.3 Å². The molecule has 0 spiro atoms. The summed E-state index contributed by atoms with van der Waals surface area (Å²) in [6.07, 6.45) is 5.64. The van der Waals surface area contributed by atoms with E-state index in [4.69, 9.17) is 4.98 Å². The van der Waals surface area contributed by atoms with Crippen molar-refractivity contribution < 1.29 is 0 Å². The lowest BCUT2D eigenvalue weighted by Gasteiger charge is -2.15. The van der Waals surface area contributed by atoms with Gasteiger partial charge in [0.25, 0.3) is 0 Å². The molecular weight excluding hydrogens is 462 g/mol. The first-order chi connectivity index (χ1) is 18.0. The predicted octanol–water partition coefficient (Wildman–Crippen LogP) is 5.31. The normalized spacial score (nSPS) is 11.4. The van der Waals surface area contributed by atoms with Crippen LogP contribution in [0.25, 0.3) is 28.3 Å². The Labute approximate surface area is 216 Å². The molecule has 5 rings (SSSR count). The molecule has 0 bridgehead atoms. The van der Waals surface area contributed by atoms with Crippen molar-refractivity contribution >= 4 is 0 Å². The smallest absolute Gasteiger partial charge is 0.292 e. The Hall–Kier alpha value is -4.33. The summed E-state index contributed by atoms with van der Waals surface area (Å²) in [7, 11) is 0. The summed E-state index contributed by atoms with van der Waals surface area (Å²) < 4.78 is 3.71. The summed E-state index contributed by atoms with van der Waals surface area (Å²) in [5.74, 6) is 0.836. The zero-order valence-electron chi connectivity index (χ0n) is 21.6. The lowest BCUT2D eigenvalue weighted by atomic mass is 9.98. The fraction of sp³-hybridized carbons (Fsp3) is 0.276. The minimum Gasteiger partial charge on any atom is -0.292 e.